The minimum atomic E-state index is -0.870. The second-order valence-electron chi connectivity index (χ2n) is 4.08. The van der Waals surface area contributed by atoms with Crippen LogP contribution in [0, 0.1) is 20.2 Å². The molecule has 1 N–H and O–H groups in total. The third-order valence-corrected chi connectivity index (χ3v) is 2.73. The molecule has 19 heavy (non-hydrogen) atoms. The van der Waals surface area contributed by atoms with Gasteiger partial charge in [0, 0.05) is 12.1 Å². The van der Waals surface area contributed by atoms with Crippen LogP contribution in [0.15, 0.2) is 18.2 Å². The van der Waals surface area contributed by atoms with Gasteiger partial charge in [-0.05, 0) is 0 Å². The fraction of sp³-hybridized carbons (Fsp3) is 0.300. The van der Waals surface area contributed by atoms with Gasteiger partial charge in [-0.3, -0.25) is 25.0 Å². The van der Waals surface area contributed by atoms with Crippen molar-refractivity contribution in [2.75, 3.05) is 11.4 Å². The Morgan fingerprint density at radius 1 is 1.16 bits per heavy atom. The SMILES string of the molecule is O=C1CC(O)CN1c1cc([N+](=O)[O-])cc([N+](=O)[O-])c1. The van der Waals surface area contributed by atoms with E-state index < -0.39 is 33.2 Å². The van der Waals surface area contributed by atoms with E-state index in [1.54, 1.807) is 0 Å². The highest BCUT2D eigenvalue weighted by Gasteiger charge is 2.31. The average Bonchev–Trinajstić information content (AvgIpc) is 2.67. The van der Waals surface area contributed by atoms with Gasteiger partial charge < -0.3 is 10.0 Å². The van der Waals surface area contributed by atoms with Gasteiger partial charge in [0.05, 0.1) is 40.7 Å². The standard InChI is InChI=1S/C10H9N3O6/c14-9-4-10(15)11(5-9)6-1-7(12(16)17)3-8(2-6)13(18)19/h1-3,9,14H,4-5H2. The van der Waals surface area contributed by atoms with E-state index in [0.29, 0.717) is 0 Å². The molecular formula is C10H9N3O6. The predicted molar refractivity (Wildman–Crippen MR) is 62.7 cm³/mol. The highest BCUT2D eigenvalue weighted by Crippen LogP contribution is 2.30. The number of aliphatic hydroxyl groups excluding tert-OH is 1. The highest BCUT2D eigenvalue weighted by molar-refractivity contribution is 5.96. The first-order valence-corrected chi connectivity index (χ1v) is 5.31. The number of β-amino-alcohol motifs (C(OH)–C–C–N with tert-alkyl or cyclic N) is 1. The van der Waals surface area contributed by atoms with E-state index in [1.165, 1.54) is 0 Å². The third kappa shape index (κ3) is 2.50. The minimum Gasteiger partial charge on any atom is -0.391 e. The van der Waals surface area contributed by atoms with Gasteiger partial charge in [0.15, 0.2) is 0 Å². The maximum absolute atomic E-state index is 11.6. The van der Waals surface area contributed by atoms with Gasteiger partial charge in [-0.25, -0.2) is 0 Å². The Hall–Kier alpha value is -2.55. The van der Waals surface area contributed by atoms with Crippen LogP contribution in [0.2, 0.25) is 0 Å². The van der Waals surface area contributed by atoms with Crippen LogP contribution in [-0.4, -0.2) is 33.5 Å². The topological polar surface area (TPSA) is 127 Å². The normalized spacial score (nSPS) is 18.7. The van der Waals surface area contributed by atoms with Crippen molar-refractivity contribution in [2.45, 2.75) is 12.5 Å². The van der Waals surface area contributed by atoms with Crippen LogP contribution in [0.25, 0.3) is 0 Å². The van der Waals surface area contributed by atoms with Crippen molar-refractivity contribution in [1.82, 2.24) is 0 Å². The fourth-order valence-corrected chi connectivity index (χ4v) is 1.88. The molecule has 100 valence electrons. The molecule has 1 amide bonds. The molecule has 1 unspecified atom stereocenters. The zero-order valence-corrected chi connectivity index (χ0v) is 9.55. The molecule has 1 aromatic rings. The summed E-state index contributed by atoms with van der Waals surface area (Å²) in [6, 6.07) is 2.96. The number of anilines is 1. The maximum Gasteiger partial charge on any atom is 0.278 e. The molecule has 0 aliphatic carbocycles. The number of carbonyl (C=O) groups excluding carboxylic acids is 1. The third-order valence-electron chi connectivity index (χ3n) is 2.73. The van der Waals surface area contributed by atoms with Gasteiger partial charge in [-0.15, -0.1) is 0 Å². The Morgan fingerprint density at radius 3 is 2.05 bits per heavy atom. The molecule has 1 aliphatic rings. The maximum atomic E-state index is 11.6. The number of benzene rings is 1. The molecule has 0 bridgehead atoms. The monoisotopic (exact) mass is 267 g/mol. The zero-order valence-electron chi connectivity index (χ0n) is 9.55. The molecule has 2 rings (SSSR count). The molecule has 0 aromatic heterocycles. The van der Waals surface area contributed by atoms with E-state index in [0.717, 1.165) is 23.1 Å². The second kappa shape index (κ2) is 4.61. The second-order valence-corrected chi connectivity index (χ2v) is 4.08. The largest absolute Gasteiger partial charge is 0.391 e. The minimum absolute atomic E-state index is 0.0306. The number of nitro benzene ring substituents is 2. The molecule has 1 saturated heterocycles. The van der Waals surface area contributed by atoms with E-state index in [-0.39, 0.29) is 18.7 Å². The number of amides is 1. The molecule has 9 heteroatoms. The van der Waals surface area contributed by atoms with Crippen LogP contribution in [0.1, 0.15) is 6.42 Å². The summed E-state index contributed by atoms with van der Waals surface area (Å²) >= 11 is 0. The van der Waals surface area contributed by atoms with Crippen LogP contribution in [0.4, 0.5) is 17.1 Å². The van der Waals surface area contributed by atoms with E-state index in [1.807, 2.05) is 0 Å². The molecular weight excluding hydrogens is 258 g/mol. The number of hydrogen-bond acceptors (Lipinski definition) is 6. The molecule has 0 saturated carbocycles. The Bertz CT molecular complexity index is 540. The number of nitrogens with zero attached hydrogens (tertiary/aromatic N) is 3. The van der Waals surface area contributed by atoms with Crippen molar-refractivity contribution in [2.24, 2.45) is 0 Å². The van der Waals surface area contributed by atoms with Crippen molar-refractivity contribution >= 4 is 23.0 Å². The molecule has 1 atom stereocenters. The van der Waals surface area contributed by atoms with Crippen molar-refractivity contribution in [3.63, 3.8) is 0 Å². The highest BCUT2D eigenvalue weighted by atomic mass is 16.6. The number of carbonyl (C=O) groups is 1. The van der Waals surface area contributed by atoms with Crippen LogP contribution >= 0.6 is 0 Å². The lowest BCUT2D eigenvalue weighted by Gasteiger charge is -2.15. The van der Waals surface area contributed by atoms with Gasteiger partial charge in [0.2, 0.25) is 5.91 Å². The summed E-state index contributed by atoms with van der Waals surface area (Å²) in [5.74, 6) is -0.428. The first kappa shape index (κ1) is 12.9. The van der Waals surface area contributed by atoms with Crippen molar-refractivity contribution in [3.05, 3.63) is 38.4 Å². The Morgan fingerprint density at radius 2 is 1.68 bits per heavy atom. The molecule has 0 spiro atoms. The van der Waals surface area contributed by atoms with Gasteiger partial charge in [0.25, 0.3) is 11.4 Å². The lowest BCUT2D eigenvalue weighted by molar-refractivity contribution is -0.394. The average molecular weight is 267 g/mol. The predicted octanol–water partition coefficient (Wildman–Crippen LogP) is 0.601. The molecule has 0 radical (unpaired) electrons. The van der Waals surface area contributed by atoms with Crippen molar-refractivity contribution < 1.29 is 19.7 Å². The quantitative estimate of drug-likeness (QED) is 0.631. The Kier molecular flexibility index (Phi) is 3.13. The molecule has 1 fully saturated rings. The zero-order chi connectivity index (χ0) is 14.2. The van der Waals surface area contributed by atoms with Gasteiger partial charge in [-0.2, -0.15) is 0 Å². The number of aliphatic hydroxyl groups is 1. The Balaban J connectivity index is 2.48. The summed E-state index contributed by atoms with van der Waals surface area (Å²) in [4.78, 5) is 32.6. The molecule has 1 heterocycles. The first-order valence-electron chi connectivity index (χ1n) is 5.31. The van der Waals surface area contributed by atoms with Gasteiger partial charge in [0.1, 0.15) is 0 Å². The van der Waals surface area contributed by atoms with Crippen molar-refractivity contribution in [3.8, 4) is 0 Å². The van der Waals surface area contributed by atoms with Gasteiger partial charge >= 0.3 is 0 Å². The number of rotatable bonds is 3. The lowest BCUT2D eigenvalue weighted by atomic mass is 10.2. The van der Waals surface area contributed by atoms with E-state index in [4.69, 9.17) is 0 Å². The van der Waals surface area contributed by atoms with Crippen LogP contribution < -0.4 is 4.90 Å². The van der Waals surface area contributed by atoms with E-state index >= 15 is 0 Å². The van der Waals surface area contributed by atoms with Crippen LogP contribution in [-0.2, 0) is 4.79 Å². The number of non-ortho nitro benzene ring substituents is 2. The molecule has 1 aliphatic heterocycles. The summed E-state index contributed by atoms with van der Waals surface area (Å²) in [5, 5.41) is 30.8. The Labute approximate surface area is 106 Å². The summed E-state index contributed by atoms with van der Waals surface area (Å²) in [6.45, 7) is -0.0306. The number of nitro groups is 2. The first-order chi connectivity index (χ1) is 8.88. The van der Waals surface area contributed by atoms with Crippen LogP contribution in [0.5, 0.6) is 0 Å². The molecule has 9 nitrogen and oxygen atoms in total. The van der Waals surface area contributed by atoms with Crippen molar-refractivity contribution in [1.29, 1.82) is 0 Å². The number of hydrogen-bond donors (Lipinski definition) is 1. The van der Waals surface area contributed by atoms with E-state index in [9.17, 15) is 30.1 Å². The summed E-state index contributed by atoms with van der Waals surface area (Å²) in [6.07, 6.45) is -0.970. The summed E-state index contributed by atoms with van der Waals surface area (Å²) in [5.41, 5.74) is -0.903. The smallest absolute Gasteiger partial charge is 0.278 e. The summed E-state index contributed by atoms with van der Waals surface area (Å²) < 4.78 is 0. The van der Waals surface area contributed by atoms with Crippen LogP contribution in [0.3, 0.4) is 0 Å². The van der Waals surface area contributed by atoms with Gasteiger partial charge in [-0.1, -0.05) is 0 Å². The molecule has 1 aromatic carbocycles. The summed E-state index contributed by atoms with van der Waals surface area (Å²) in [7, 11) is 0. The fourth-order valence-electron chi connectivity index (χ4n) is 1.88. The van der Waals surface area contributed by atoms with E-state index in [2.05, 4.69) is 0 Å². The lowest BCUT2D eigenvalue weighted by Crippen LogP contribution is -2.25.